The van der Waals surface area contributed by atoms with Gasteiger partial charge >= 0.3 is 0 Å². The minimum absolute atomic E-state index is 0.155. The van der Waals surface area contributed by atoms with Crippen molar-refractivity contribution in [3.05, 3.63) is 59.4 Å². The van der Waals surface area contributed by atoms with E-state index in [0.29, 0.717) is 5.56 Å². The molecule has 0 N–H and O–H groups in total. The van der Waals surface area contributed by atoms with E-state index in [4.69, 9.17) is 0 Å². The average molecular weight is 360 g/mol. The van der Waals surface area contributed by atoms with Crippen molar-refractivity contribution in [2.24, 2.45) is 5.92 Å². The Bertz CT molecular complexity index is 710. The highest BCUT2D eigenvalue weighted by Gasteiger charge is 2.24. The maximum Gasteiger partial charge on any atom is 0.133 e. The molecule has 0 amide bonds. The minimum atomic E-state index is -0.662. The molecule has 2 aromatic rings. The lowest BCUT2D eigenvalue weighted by Gasteiger charge is -2.29. The third kappa shape index (κ3) is 4.31. The van der Waals surface area contributed by atoms with Gasteiger partial charge < -0.3 is 0 Å². The van der Waals surface area contributed by atoms with Crippen molar-refractivity contribution in [3.8, 4) is 11.1 Å². The van der Waals surface area contributed by atoms with Crippen LogP contribution in [0.25, 0.3) is 11.1 Å². The molecule has 3 heteroatoms. The van der Waals surface area contributed by atoms with Crippen LogP contribution in [0.3, 0.4) is 0 Å². The summed E-state index contributed by atoms with van der Waals surface area (Å²) < 4.78 is 42.5. The summed E-state index contributed by atoms with van der Waals surface area (Å²) in [6.07, 6.45) is 9.42. The first-order valence-electron chi connectivity index (χ1n) is 9.84. The third-order valence-corrected chi connectivity index (χ3v) is 5.75. The lowest BCUT2D eigenvalue weighted by Crippen LogP contribution is -2.14. The Labute approximate surface area is 154 Å². The lowest BCUT2D eigenvalue weighted by molar-refractivity contribution is 0.299. The van der Waals surface area contributed by atoms with Crippen LogP contribution >= 0.6 is 0 Å². The highest BCUT2D eigenvalue weighted by molar-refractivity contribution is 5.65. The van der Waals surface area contributed by atoms with Crippen LogP contribution in [0.5, 0.6) is 0 Å². The van der Waals surface area contributed by atoms with Crippen LogP contribution in [0.15, 0.2) is 36.4 Å². The summed E-state index contributed by atoms with van der Waals surface area (Å²) in [6.45, 7) is 2.22. The number of hydrogen-bond acceptors (Lipinski definition) is 0. The molecule has 1 aliphatic carbocycles. The van der Waals surface area contributed by atoms with Crippen LogP contribution in [0, 0.1) is 23.4 Å². The standard InChI is InChI=1S/C23H27F3/c1-2-3-4-6-16-9-11-17(12-10-16)19-14-13-18(15-22(19)26)23-20(24)7-5-8-21(23)25/h5,7-8,13-17H,2-4,6,9-12H2,1H3. The molecule has 140 valence electrons. The second-order valence-corrected chi connectivity index (χ2v) is 7.55. The summed E-state index contributed by atoms with van der Waals surface area (Å²) in [5.74, 6) is -0.682. The van der Waals surface area contributed by atoms with Crippen molar-refractivity contribution in [2.75, 3.05) is 0 Å². The maximum atomic E-state index is 14.7. The lowest BCUT2D eigenvalue weighted by atomic mass is 9.76. The fourth-order valence-electron chi connectivity index (χ4n) is 4.23. The van der Waals surface area contributed by atoms with Crippen molar-refractivity contribution in [2.45, 2.75) is 64.2 Å². The van der Waals surface area contributed by atoms with Crippen molar-refractivity contribution in [3.63, 3.8) is 0 Å². The van der Waals surface area contributed by atoms with Crippen LogP contribution in [0.1, 0.15) is 69.8 Å². The fraction of sp³-hybridized carbons (Fsp3) is 0.478. The van der Waals surface area contributed by atoms with Gasteiger partial charge in [0, 0.05) is 0 Å². The molecule has 0 heterocycles. The summed E-state index contributed by atoms with van der Waals surface area (Å²) in [5, 5.41) is 0. The highest BCUT2D eigenvalue weighted by Crippen LogP contribution is 2.39. The van der Waals surface area contributed by atoms with Gasteiger partial charge in [0.05, 0.1) is 5.56 Å². The number of benzene rings is 2. The number of rotatable bonds is 6. The zero-order chi connectivity index (χ0) is 18.5. The van der Waals surface area contributed by atoms with E-state index < -0.39 is 11.6 Å². The number of unbranched alkanes of at least 4 members (excludes halogenated alkanes) is 2. The van der Waals surface area contributed by atoms with Gasteiger partial charge in [-0.1, -0.05) is 50.8 Å². The molecule has 1 fully saturated rings. The fourth-order valence-corrected chi connectivity index (χ4v) is 4.23. The molecule has 0 aromatic heterocycles. The molecule has 26 heavy (non-hydrogen) atoms. The Balaban J connectivity index is 1.69. The van der Waals surface area contributed by atoms with E-state index in [0.717, 1.165) is 31.6 Å². The van der Waals surface area contributed by atoms with Crippen molar-refractivity contribution >= 4 is 0 Å². The van der Waals surface area contributed by atoms with Gasteiger partial charge in [0.1, 0.15) is 17.5 Å². The van der Waals surface area contributed by atoms with Crippen molar-refractivity contribution < 1.29 is 13.2 Å². The first kappa shape index (κ1) is 19.0. The molecule has 0 aliphatic heterocycles. The van der Waals surface area contributed by atoms with Crippen LogP contribution in [-0.2, 0) is 0 Å². The van der Waals surface area contributed by atoms with E-state index in [-0.39, 0.29) is 22.9 Å². The van der Waals surface area contributed by atoms with Crippen LogP contribution in [-0.4, -0.2) is 0 Å². The van der Waals surface area contributed by atoms with Gasteiger partial charge in [-0.2, -0.15) is 0 Å². The average Bonchev–Trinajstić information content (AvgIpc) is 2.63. The smallest absolute Gasteiger partial charge is 0.133 e. The van der Waals surface area contributed by atoms with Gasteiger partial charge in [-0.25, -0.2) is 13.2 Å². The van der Waals surface area contributed by atoms with Gasteiger partial charge in [0.15, 0.2) is 0 Å². The molecule has 0 atom stereocenters. The molecular formula is C23H27F3. The summed E-state index contributed by atoms with van der Waals surface area (Å²) in [5.41, 5.74) is 0.796. The van der Waals surface area contributed by atoms with Gasteiger partial charge in [-0.15, -0.1) is 0 Å². The van der Waals surface area contributed by atoms with Gasteiger partial charge in [-0.3, -0.25) is 0 Å². The van der Waals surface area contributed by atoms with Crippen LogP contribution < -0.4 is 0 Å². The Kier molecular flexibility index (Phi) is 6.39. The minimum Gasteiger partial charge on any atom is -0.207 e. The number of halogens is 3. The number of hydrogen-bond donors (Lipinski definition) is 0. The Hall–Kier alpha value is -1.77. The second kappa shape index (κ2) is 8.75. The monoisotopic (exact) mass is 360 g/mol. The van der Waals surface area contributed by atoms with Gasteiger partial charge in [0.2, 0.25) is 0 Å². The van der Waals surface area contributed by atoms with E-state index in [2.05, 4.69) is 6.92 Å². The SMILES string of the molecule is CCCCCC1CCC(c2ccc(-c3c(F)cccc3F)cc2F)CC1. The predicted molar refractivity (Wildman–Crippen MR) is 101 cm³/mol. The molecule has 3 rings (SSSR count). The molecular weight excluding hydrogens is 333 g/mol. The normalized spacial score (nSPS) is 20.3. The molecule has 0 unspecified atom stereocenters. The molecule has 0 bridgehead atoms. The molecule has 0 nitrogen and oxygen atoms in total. The van der Waals surface area contributed by atoms with E-state index in [1.807, 2.05) is 0 Å². The maximum absolute atomic E-state index is 14.7. The molecule has 1 saturated carbocycles. The Morgan fingerprint density at radius 2 is 1.54 bits per heavy atom. The first-order chi connectivity index (χ1) is 12.6. The summed E-state index contributed by atoms with van der Waals surface area (Å²) in [4.78, 5) is 0. The molecule has 0 saturated heterocycles. The summed E-state index contributed by atoms with van der Waals surface area (Å²) in [6, 6.07) is 8.36. The van der Waals surface area contributed by atoms with Crippen LogP contribution in [0.4, 0.5) is 13.2 Å². The molecule has 0 spiro atoms. The van der Waals surface area contributed by atoms with Crippen molar-refractivity contribution in [1.29, 1.82) is 0 Å². The third-order valence-electron chi connectivity index (χ3n) is 5.75. The zero-order valence-corrected chi connectivity index (χ0v) is 15.4. The largest absolute Gasteiger partial charge is 0.207 e. The summed E-state index contributed by atoms with van der Waals surface area (Å²) >= 11 is 0. The van der Waals surface area contributed by atoms with E-state index >= 15 is 0 Å². The molecule has 2 aromatic carbocycles. The van der Waals surface area contributed by atoms with E-state index in [1.165, 1.54) is 49.9 Å². The zero-order valence-electron chi connectivity index (χ0n) is 15.4. The van der Waals surface area contributed by atoms with Gasteiger partial charge in [-0.05, 0) is 66.8 Å². The quantitative estimate of drug-likeness (QED) is 0.465. The van der Waals surface area contributed by atoms with E-state index in [1.54, 1.807) is 12.1 Å². The predicted octanol–water partition coefficient (Wildman–Crippen LogP) is 7.63. The van der Waals surface area contributed by atoms with E-state index in [9.17, 15) is 13.2 Å². The first-order valence-corrected chi connectivity index (χ1v) is 9.84. The Morgan fingerprint density at radius 3 is 2.15 bits per heavy atom. The molecule has 0 radical (unpaired) electrons. The Morgan fingerprint density at radius 1 is 0.846 bits per heavy atom. The highest BCUT2D eigenvalue weighted by atomic mass is 19.1. The molecule has 1 aliphatic rings. The second-order valence-electron chi connectivity index (χ2n) is 7.55. The summed E-state index contributed by atoms with van der Waals surface area (Å²) in [7, 11) is 0. The van der Waals surface area contributed by atoms with Gasteiger partial charge in [0.25, 0.3) is 0 Å². The topological polar surface area (TPSA) is 0 Å². The van der Waals surface area contributed by atoms with Crippen molar-refractivity contribution in [1.82, 2.24) is 0 Å². The van der Waals surface area contributed by atoms with Crippen LogP contribution in [0.2, 0.25) is 0 Å².